The maximum Gasteiger partial charge on any atom is -0.0109 e. The van der Waals surface area contributed by atoms with E-state index in [9.17, 15) is 0 Å². The lowest BCUT2D eigenvalue weighted by atomic mass is 10.0. The predicted octanol–water partition coefficient (Wildman–Crippen LogP) is 3.71. The van der Waals surface area contributed by atoms with Crippen LogP contribution in [-0.4, -0.2) is 0 Å². The van der Waals surface area contributed by atoms with Crippen molar-refractivity contribution in [3.05, 3.63) is 46.8 Å². The van der Waals surface area contributed by atoms with Gasteiger partial charge in [-0.25, -0.2) is 0 Å². The van der Waals surface area contributed by atoms with E-state index in [1.54, 1.807) is 0 Å². The number of benzene rings is 2. The summed E-state index contributed by atoms with van der Waals surface area (Å²) < 4.78 is 0. The number of rotatable bonds is 2. The SMILES string of the molecule is CC(C)C=c1cccc2c(=CC(C)C)cccc12. The van der Waals surface area contributed by atoms with Crippen LogP contribution in [0.25, 0.3) is 22.9 Å². The minimum Gasteiger partial charge on any atom is -0.0741 e. The van der Waals surface area contributed by atoms with Gasteiger partial charge in [-0.05, 0) is 33.0 Å². The number of hydrogen-bond donors (Lipinski definition) is 0. The van der Waals surface area contributed by atoms with Crippen molar-refractivity contribution in [2.24, 2.45) is 11.8 Å². The Kier molecular flexibility index (Phi) is 3.86. The van der Waals surface area contributed by atoms with E-state index < -0.39 is 0 Å². The molecule has 2 rings (SSSR count). The fourth-order valence-corrected chi connectivity index (χ4v) is 2.37. The van der Waals surface area contributed by atoms with Gasteiger partial charge in [0.1, 0.15) is 0 Å². The first-order chi connectivity index (χ1) is 8.58. The van der Waals surface area contributed by atoms with Crippen LogP contribution in [-0.2, 0) is 0 Å². The van der Waals surface area contributed by atoms with E-state index in [0.29, 0.717) is 11.8 Å². The van der Waals surface area contributed by atoms with Gasteiger partial charge in [-0.2, -0.15) is 0 Å². The minimum atomic E-state index is 0.577. The zero-order valence-electron chi connectivity index (χ0n) is 11.8. The lowest BCUT2D eigenvalue weighted by Gasteiger charge is -2.03. The minimum absolute atomic E-state index is 0.577. The van der Waals surface area contributed by atoms with Gasteiger partial charge in [-0.3, -0.25) is 0 Å². The summed E-state index contributed by atoms with van der Waals surface area (Å²) in [5.41, 5.74) is 0. The van der Waals surface area contributed by atoms with Crippen LogP contribution < -0.4 is 10.4 Å². The standard InChI is InChI=1S/C18H22/c1-13(2)11-15-7-5-10-18-16(12-14(3)4)8-6-9-17(15)18/h5-14H,1-4H3. The summed E-state index contributed by atoms with van der Waals surface area (Å²) in [5, 5.41) is 5.42. The molecule has 0 aliphatic carbocycles. The normalized spacial score (nSPS) is 14.1. The summed E-state index contributed by atoms with van der Waals surface area (Å²) in [5.74, 6) is 1.15. The third-order valence-electron chi connectivity index (χ3n) is 3.02. The Morgan fingerprint density at radius 3 is 1.39 bits per heavy atom. The second-order valence-electron chi connectivity index (χ2n) is 5.61. The molecule has 94 valence electrons. The van der Waals surface area contributed by atoms with E-state index in [2.05, 4.69) is 76.2 Å². The molecule has 0 bridgehead atoms. The highest BCUT2D eigenvalue weighted by molar-refractivity contribution is 5.84. The van der Waals surface area contributed by atoms with Crippen molar-refractivity contribution in [1.82, 2.24) is 0 Å². The van der Waals surface area contributed by atoms with Gasteiger partial charge < -0.3 is 0 Å². The molecule has 0 amide bonds. The van der Waals surface area contributed by atoms with Gasteiger partial charge in [0.05, 0.1) is 0 Å². The highest BCUT2D eigenvalue weighted by Gasteiger charge is 1.97. The summed E-state index contributed by atoms with van der Waals surface area (Å²) in [7, 11) is 0. The van der Waals surface area contributed by atoms with Crippen molar-refractivity contribution in [1.29, 1.82) is 0 Å². The summed E-state index contributed by atoms with van der Waals surface area (Å²) in [4.78, 5) is 0. The summed E-state index contributed by atoms with van der Waals surface area (Å²) in [6.45, 7) is 8.90. The molecule has 0 saturated heterocycles. The van der Waals surface area contributed by atoms with Crippen LogP contribution in [0.4, 0.5) is 0 Å². The van der Waals surface area contributed by atoms with Crippen LogP contribution in [0.15, 0.2) is 36.4 Å². The summed E-state index contributed by atoms with van der Waals surface area (Å²) >= 11 is 0. The second kappa shape index (κ2) is 5.39. The summed E-state index contributed by atoms with van der Waals surface area (Å²) in [6.07, 6.45) is 4.67. The van der Waals surface area contributed by atoms with Crippen molar-refractivity contribution < 1.29 is 0 Å². The molecule has 0 N–H and O–H groups in total. The van der Waals surface area contributed by atoms with E-state index in [0.717, 1.165) is 0 Å². The third kappa shape index (κ3) is 2.81. The Morgan fingerprint density at radius 2 is 1.06 bits per heavy atom. The van der Waals surface area contributed by atoms with Gasteiger partial charge in [0.25, 0.3) is 0 Å². The molecule has 0 aliphatic heterocycles. The first-order valence-electron chi connectivity index (χ1n) is 6.79. The molecule has 2 aromatic rings. The molecule has 0 heterocycles. The Morgan fingerprint density at radius 1 is 0.667 bits per heavy atom. The predicted molar refractivity (Wildman–Crippen MR) is 81.8 cm³/mol. The highest BCUT2D eigenvalue weighted by atomic mass is 14.0. The van der Waals surface area contributed by atoms with Gasteiger partial charge in [0.2, 0.25) is 0 Å². The topological polar surface area (TPSA) is 0 Å². The zero-order valence-corrected chi connectivity index (χ0v) is 11.8. The maximum absolute atomic E-state index is 2.33. The smallest absolute Gasteiger partial charge is 0.0109 e. The van der Waals surface area contributed by atoms with Crippen LogP contribution in [0.2, 0.25) is 0 Å². The van der Waals surface area contributed by atoms with E-state index in [1.807, 2.05) is 0 Å². The zero-order chi connectivity index (χ0) is 13.1. The maximum atomic E-state index is 2.33. The molecule has 18 heavy (non-hydrogen) atoms. The van der Waals surface area contributed by atoms with E-state index in [1.165, 1.54) is 21.2 Å². The quantitative estimate of drug-likeness (QED) is 0.748. The molecule has 0 aromatic heterocycles. The molecule has 0 spiro atoms. The molecule has 0 aliphatic rings. The summed E-state index contributed by atoms with van der Waals surface area (Å²) in [6, 6.07) is 13.2. The van der Waals surface area contributed by atoms with Crippen molar-refractivity contribution in [3.63, 3.8) is 0 Å². The third-order valence-corrected chi connectivity index (χ3v) is 3.02. The fourth-order valence-electron chi connectivity index (χ4n) is 2.37. The molecule has 0 radical (unpaired) electrons. The highest BCUT2D eigenvalue weighted by Crippen LogP contribution is 2.06. The van der Waals surface area contributed by atoms with Crippen LogP contribution in [0.3, 0.4) is 0 Å². The molecule has 0 atom stereocenters. The Labute approximate surface area is 110 Å². The van der Waals surface area contributed by atoms with Crippen molar-refractivity contribution in [2.45, 2.75) is 27.7 Å². The monoisotopic (exact) mass is 238 g/mol. The first-order valence-corrected chi connectivity index (χ1v) is 6.79. The van der Waals surface area contributed by atoms with E-state index in [-0.39, 0.29) is 0 Å². The average molecular weight is 238 g/mol. The molecule has 0 heteroatoms. The van der Waals surface area contributed by atoms with Gasteiger partial charge in [0.15, 0.2) is 0 Å². The van der Waals surface area contributed by atoms with Gasteiger partial charge in [-0.15, -0.1) is 0 Å². The molecule has 0 saturated carbocycles. The van der Waals surface area contributed by atoms with Crippen molar-refractivity contribution in [2.75, 3.05) is 0 Å². The first kappa shape index (κ1) is 12.9. The van der Waals surface area contributed by atoms with Crippen LogP contribution in [0, 0.1) is 11.8 Å². The molecule has 0 fully saturated rings. The van der Waals surface area contributed by atoms with Crippen LogP contribution in [0.5, 0.6) is 0 Å². The van der Waals surface area contributed by atoms with Gasteiger partial charge in [-0.1, -0.05) is 76.2 Å². The molecular weight excluding hydrogens is 216 g/mol. The van der Waals surface area contributed by atoms with E-state index in [4.69, 9.17) is 0 Å². The Bertz CT molecular complexity index is 586. The van der Waals surface area contributed by atoms with Gasteiger partial charge in [0, 0.05) is 0 Å². The number of fused-ring (bicyclic) bond motifs is 1. The lowest BCUT2D eigenvalue weighted by molar-refractivity contribution is 0.881. The van der Waals surface area contributed by atoms with Crippen LogP contribution >= 0.6 is 0 Å². The van der Waals surface area contributed by atoms with Gasteiger partial charge >= 0.3 is 0 Å². The van der Waals surface area contributed by atoms with Crippen LogP contribution in [0.1, 0.15) is 27.7 Å². The molecule has 2 aromatic carbocycles. The Balaban J connectivity index is 2.82. The van der Waals surface area contributed by atoms with Crippen molar-refractivity contribution in [3.8, 4) is 0 Å². The van der Waals surface area contributed by atoms with Crippen molar-refractivity contribution >= 4 is 22.9 Å². The Hall–Kier alpha value is -1.56. The fraction of sp³-hybridized carbons (Fsp3) is 0.333. The molecular formula is C18H22. The molecule has 0 unspecified atom stereocenters. The number of hydrogen-bond acceptors (Lipinski definition) is 0. The average Bonchev–Trinajstić information content (AvgIpc) is 2.29. The second-order valence-corrected chi connectivity index (χ2v) is 5.61. The molecule has 0 nitrogen and oxygen atoms in total. The largest absolute Gasteiger partial charge is 0.0741 e. The lowest BCUT2D eigenvalue weighted by Crippen LogP contribution is -2.10. The van der Waals surface area contributed by atoms with E-state index >= 15 is 0 Å².